The van der Waals surface area contributed by atoms with Gasteiger partial charge in [-0.25, -0.2) is 0 Å². The van der Waals surface area contributed by atoms with Crippen molar-refractivity contribution >= 4 is 5.91 Å². The lowest BCUT2D eigenvalue weighted by molar-refractivity contribution is 0.0920. The third-order valence-corrected chi connectivity index (χ3v) is 4.16. The van der Waals surface area contributed by atoms with Gasteiger partial charge in [-0.05, 0) is 31.9 Å². The number of piperidine rings is 1. The fourth-order valence-corrected chi connectivity index (χ4v) is 2.83. The molecule has 3 rings (SSSR count). The summed E-state index contributed by atoms with van der Waals surface area (Å²) in [5.74, 6) is -0.0418. The van der Waals surface area contributed by atoms with Gasteiger partial charge in [0.25, 0.3) is 5.91 Å². The van der Waals surface area contributed by atoms with Crippen molar-refractivity contribution in [3.8, 4) is 0 Å². The molecular formula is C17H22N4O. The number of amides is 1. The molecule has 2 unspecified atom stereocenters. The number of nitrogens with one attached hydrogen (secondary N) is 2. The summed E-state index contributed by atoms with van der Waals surface area (Å²) in [6.45, 7) is 3.82. The molecule has 1 amide bonds. The van der Waals surface area contributed by atoms with Gasteiger partial charge in [0, 0.05) is 18.3 Å². The largest absolute Gasteiger partial charge is 0.348 e. The summed E-state index contributed by atoms with van der Waals surface area (Å²) in [6, 6.07) is 10.6. The van der Waals surface area contributed by atoms with E-state index in [1.807, 2.05) is 24.4 Å². The minimum absolute atomic E-state index is 0.0418. The molecule has 1 saturated heterocycles. The predicted molar refractivity (Wildman–Crippen MR) is 85.7 cm³/mol. The van der Waals surface area contributed by atoms with E-state index < -0.39 is 0 Å². The molecule has 2 aromatic rings. The first kappa shape index (κ1) is 14.8. The van der Waals surface area contributed by atoms with Crippen LogP contribution in [0.15, 0.2) is 42.7 Å². The first-order valence-corrected chi connectivity index (χ1v) is 7.83. The fourth-order valence-electron chi connectivity index (χ4n) is 2.83. The third-order valence-electron chi connectivity index (χ3n) is 4.16. The van der Waals surface area contributed by atoms with Crippen LogP contribution in [0.2, 0.25) is 0 Å². The Hall–Kier alpha value is -2.14. The van der Waals surface area contributed by atoms with E-state index in [2.05, 4.69) is 34.8 Å². The van der Waals surface area contributed by atoms with Crippen molar-refractivity contribution in [2.45, 2.75) is 38.4 Å². The molecule has 1 aliphatic heterocycles. The molecule has 0 bridgehead atoms. The maximum Gasteiger partial charge on any atom is 0.254 e. The zero-order valence-electron chi connectivity index (χ0n) is 12.8. The molecule has 2 heterocycles. The quantitative estimate of drug-likeness (QED) is 0.905. The van der Waals surface area contributed by atoms with Crippen LogP contribution < -0.4 is 10.6 Å². The average molecular weight is 298 g/mol. The van der Waals surface area contributed by atoms with Crippen LogP contribution in [0.1, 0.15) is 35.7 Å². The molecule has 116 valence electrons. The van der Waals surface area contributed by atoms with E-state index in [0.29, 0.717) is 18.2 Å². The van der Waals surface area contributed by atoms with Gasteiger partial charge >= 0.3 is 0 Å². The number of aromatic nitrogens is 2. The molecule has 22 heavy (non-hydrogen) atoms. The SMILES string of the molecule is CC1NCCCC1NC(=O)c1cnn(Cc2ccccc2)c1. The Morgan fingerprint density at radius 3 is 3.00 bits per heavy atom. The van der Waals surface area contributed by atoms with Crippen molar-refractivity contribution in [3.63, 3.8) is 0 Å². The predicted octanol–water partition coefficient (Wildman–Crippen LogP) is 1.80. The van der Waals surface area contributed by atoms with Crippen LogP contribution in [0.3, 0.4) is 0 Å². The second-order valence-electron chi connectivity index (χ2n) is 5.88. The van der Waals surface area contributed by atoms with Gasteiger partial charge in [0.15, 0.2) is 0 Å². The molecule has 1 aromatic heterocycles. The Bertz CT molecular complexity index is 623. The van der Waals surface area contributed by atoms with E-state index in [1.54, 1.807) is 10.9 Å². The van der Waals surface area contributed by atoms with Crippen LogP contribution in [-0.4, -0.2) is 34.3 Å². The number of hydrogen-bond donors (Lipinski definition) is 2. The number of carbonyl (C=O) groups excluding carboxylic acids is 1. The van der Waals surface area contributed by atoms with Crippen molar-refractivity contribution in [3.05, 3.63) is 53.9 Å². The third kappa shape index (κ3) is 3.54. The van der Waals surface area contributed by atoms with Crippen LogP contribution in [0.25, 0.3) is 0 Å². The lowest BCUT2D eigenvalue weighted by atomic mass is 10.00. The van der Waals surface area contributed by atoms with Gasteiger partial charge in [0.05, 0.1) is 18.3 Å². The van der Waals surface area contributed by atoms with Crippen molar-refractivity contribution < 1.29 is 4.79 Å². The summed E-state index contributed by atoms with van der Waals surface area (Å²) < 4.78 is 1.80. The number of hydrogen-bond acceptors (Lipinski definition) is 3. The highest BCUT2D eigenvalue weighted by atomic mass is 16.1. The zero-order chi connectivity index (χ0) is 15.4. The molecule has 1 aromatic carbocycles. The van der Waals surface area contributed by atoms with Crippen molar-refractivity contribution in [1.29, 1.82) is 0 Å². The minimum Gasteiger partial charge on any atom is -0.348 e. The van der Waals surface area contributed by atoms with E-state index in [4.69, 9.17) is 0 Å². The normalized spacial score (nSPS) is 21.5. The van der Waals surface area contributed by atoms with E-state index >= 15 is 0 Å². The number of carbonyl (C=O) groups is 1. The molecule has 5 nitrogen and oxygen atoms in total. The highest BCUT2D eigenvalue weighted by Crippen LogP contribution is 2.10. The van der Waals surface area contributed by atoms with Gasteiger partial charge in [0.2, 0.25) is 0 Å². The van der Waals surface area contributed by atoms with Crippen LogP contribution in [0, 0.1) is 0 Å². The zero-order valence-corrected chi connectivity index (χ0v) is 12.8. The van der Waals surface area contributed by atoms with E-state index in [9.17, 15) is 4.79 Å². The van der Waals surface area contributed by atoms with Crippen LogP contribution in [-0.2, 0) is 6.54 Å². The smallest absolute Gasteiger partial charge is 0.254 e. The Labute approximate surface area is 130 Å². The number of benzene rings is 1. The molecule has 1 fully saturated rings. The second kappa shape index (κ2) is 6.75. The van der Waals surface area contributed by atoms with E-state index in [-0.39, 0.29) is 11.9 Å². The summed E-state index contributed by atoms with van der Waals surface area (Å²) in [6.07, 6.45) is 5.57. The van der Waals surface area contributed by atoms with Crippen molar-refractivity contribution in [2.24, 2.45) is 0 Å². The Morgan fingerprint density at radius 2 is 2.23 bits per heavy atom. The topological polar surface area (TPSA) is 58.9 Å². The maximum atomic E-state index is 12.3. The number of nitrogens with zero attached hydrogens (tertiary/aromatic N) is 2. The summed E-state index contributed by atoms with van der Waals surface area (Å²) >= 11 is 0. The second-order valence-corrected chi connectivity index (χ2v) is 5.88. The summed E-state index contributed by atoms with van der Waals surface area (Å²) in [5.41, 5.74) is 1.79. The molecule has 0 radical (unpaired) electrons. The molecular weight excluding hydrogens is 276 g/mol. The molecule has 0 spiro atoms. The van der Waals surface area contributed by atoms with Crippen LogP contribution in [0.4, 0.5) is 0 Å². The molecule has 2 N–H and O–H groups in total. The molecule has 2 atom stereocenters. The highest BCUT2D eigenvalue weighted by Gasteiger charge is 2.23. The Morgan fingerprint density at radius 1 is 1.41 bits per heavy atom. The summed E-state index contributed by atoms with van der Waals surface area (Å²) in [4.78, 5) is 12.3. The Balaban J connectivity index is 1.61. The van der Waals surface area contributed by atoms with Gasteiger partial charge < -0.3 is 10.6 Å². The van der Waals surface area contributed by atoms with E-state index in [0.717, 1.165) is 19.4 Å². The van der Waals surface area contributed by atoms with Crippen LogP contribution >= 0.6 is 0 Å². The molecule has 0 aliphatic carbocycles. The summed E-state index contributed by atoms with van der Waals surface area (Å²) in [7, 11) is 0. The van der Waals surface area contributed by atoms with Crippen molar-refractivity contribution in [1.82, 2.24) is 20.4 Å². The van der Waals surface area contributed by atoms with Crippen molar-refractivity contribution in [2.75, 3.05) is 6.54 Å². The van der Waals surface area contributed by atoms with E-state index in [1.165, 1.54) is 5.56 Å². The highest BCUT2D eigenvalue weighted by molar-refractivity contribution is 5.93. The molecule has 0 saturated carbocycles. The van der Waals surface area contributed by atoms with Gasteiger partial charge in [-0.2, -0.15) is 5.10 Å². The van der Waals surface area contributed by atoms with Crippen LogP contribution in [0.5, 0.6) is 0 Å². The average Bonchev–Trinajstić information content (AvgIpc) is 2.99. The first-order valence-electron chi connectivity index (χ1n) is 7.83. The minimum atomic E-state index is -0.0418. The lowest BCUT2D eigenvalue weighted by Gasteiger charge is -2.30. The van der Waals surface area contributed by atoms with Gasteiger partial charge in [-0.15, -0.1) is 0 Å². The first-order chi connectivity index (χ1) is 10.7. The van der Waals surface area contributed by atoms with Gasteiger partial charge in [-0.1, -0.05) is 30.3 Å². The van der Waals surface area contributed by atoms with Gasteiger partial charge in [0.1, 0.15) is 0 Å². The van der Waals surface area contributed by atoms with Gasteiger partial charge in [-0.3, -0.25) is 9.48 Å². The maximum absolute atomic E-state index is 12.3. The number of rotatable bonds is 4. The fraction of sp³-hybridized carbons (Fsp3) is 0.412. The lowest BCUT2D eigenvalue weighted by Crippen LogP contribution is -2.51. The monoisotopic (exact) mass is 298 g/mol. The molecule has 5 heteroatoms. The molecule has 1 aliphatic rings. The summed E-state index contributed by atoms with van der Waals surface area (Å²) in [5, 5.41) is 10.8. The standard InChI is InChI=1S/C17H22N4O/c1-13-16(8-5-9-18-13)20-17(22)15-10-19-21(12-15)11-14-6-3-2-4-7-14/h2-4,6-7,10,12-13,16,18H,5,8-9,11H2,1H3,(H,20,22). The Kier molecular flexibility index (Phi) is 4.53.